The fraction of sp³-hybridized carbons (Fsp3) is 0.360. The maximum absolute atomic E-state index is 14.7. The van der Waals surface area contributed by atoms with Crippen LogP contribution in [0.2, 0.25) is 0 Å². The van der Waals surface area contributed by atoms with Gasteiger partial charge in [-0.25, -0.2) is 17.6 Å². The van der Waals surface area contributed by atoms with Crippen molar-refractivity contribution in [2.24, 2.45) is 5.73 Å². The van der Waals surface area contributed by atoms with E-state index in [1.165, 1.54) is 4.90 Å². The topological polar surface area (TPSA) is 88.6 Å². The van der Waals surface area contributed by atoms with Gasteiger partial charge in [-0.2, -0.15) is 18.3 Å². The zero-order valence-electron chi connectivity index (χ0n) is 21.1. The number of anilines is 2. The lowest BCUT2D eigenvalue weighted by Gasteiger charge is -2.41. The van der Waals surface area contributed by atoms with Gasteiger partial charge in [-0.1, -0.05) is 0 Å². The zero-order chi connectivity index (χ0) is 29.2. The third-order valence-electron chi connectivity index (χ3n) is 6.35. The summed E-state index contributed by atoms with van der Waals surface area (Å²) in [5, 5.41) is 6.14. The Morgan fingerprint density at radius 3 is 2.52 bits per heavy atom. The van der Waals surface area contributed by atoms with Crippen LogP contribution in [0.4, 0.5) is 42.1 Å². The minimum absolute atomic E-state index is 0.0519. The summed E-state index contributed by atoms with van der Waals surface area (Å²) >= 11 is 0. The van der Waals surface area contributed by atoms with Crippen LogP contribution in [0.1, 0.15) is 16.1 Å². The van der Waals surface area contributed by atoms with Crippen LogP contribution in [0.5, 0.6) is 11.5 Å². The van der Waals surface area contributed by atoms with Crippen LogP contribution in [-0.2, 0) is 12.7 Å². The Bertz CT molecular complexity index is 1360. The average Bonchev–Trinajstić information content (AvgIpc) is 3.34. The van der Waals surface area contributed by atoms with Crippen molar-refractivity contribution >= 4 is 17.3 Å². The van der Waals surface area contributed by atoms with E-state index >= 15 is 0 Å². The molecule has 1 saturated heterocycles. The molecule has 0 aliphatic carbocycles. The summed E-state index contributed by atoms with van der Waals surface area (Å²) in [6.07, 6.45) is -6.64. The van der Waals surface area contributed by atoms with E-state index in [1.807, 2.05) is 4.90 Å². The quantitative estimate of drug-likeness (QED) is 0.384. The molecule has 3 aromatic rings. The number of likely N-dealkylation sites (N-methyl/N-ethyl adjacent to an activating group) is 1. The molecule has 1 aliphatic heterocycles. The lowest BCUT2D eigenvalue weighted by atomic mass is 10.0. The van der Waals surface area contributed by atoms with Crippen molar-refractivity contribution in [2.45, 2.75) is 25.2 Å². The first kappa shape index (κ1) is 29.1. The monoisotopic (exact) mass is 574 g/mol. The Hall–Kier alpha value is -3.85. The van der Waals surface area contributed by atoms with Crippen LogP contribution in [0.15, 0.2) is 42.6 Å². The molecule has 15 heteroatoms. The smallest absolute Gasteiger partial charge is 0.422 e. The van der Waals surface area contributed by atoms with Crippen LogP contribution in [0, 0.1) is 11.6 Å². The molecule has 8 nitrogen and oxygen atoms in total. The molecule has 0 bridgehead atoms. The maximum atomic E-state index is 14.7. The molecule has 0 saturated carbocycles. The lowest BCUT2D eigenvalue weighted by Crippen LogP contribution is -2.54. The zero-order valence-corrected chi connectivity index (χ0v) is 21.1. The number of aromatic nitrogens is 2. The van der Waals surface area contributed by atoms with Gasteiger partial charge >= 0.3 is 6.18 Å². The molecule has 3 N–H and O–H groups in total. The number of carbonyl (C=O) groups excluding carboxylic acids is 1. The number of alkyl halides is 5. The summed E-state index contributed by atoms with van der Waals surface area (Å²) in [5.74, 6) is -4.52. The number of amides is 1. The normalized spacial score (nSPS) is 16.4. The Balaban J connectivity index is 1.80. The van der Waals surface area contributed by atoms with E-state index in [-0.39, 0.29) is 37.1 Å². The standard InChI is InChI=1S/C25H25F7N6O2/c1-36-8-9-37(12-15(36)11-33)23-17(34-24(39)18-6-7-38(35-18)13-21(28)29)3-5-20(22(23)25(30,31)32)40-19-4-2-14(26)10-16(19)27/h2-7,10,15,21H,8-9,11-13,33H2,1H3,(H,34,39)/t15-/m0/s1. The molecule has 1 aliphatic rings. The van der Waals surface area contributed by atoms with Gasteiger partial charge in [-0.3, -0.25) is 14.4 Å². The number of hydrogen-bond acceptors (Lipinski definition) is 6. The van der Waals surface area contributed by atoms with Gasteiger partial charge in [0.05, 0.1) is 11.4 Å². The maximum Gasteiger partial charge on any atom is 0.422 e. The van der Waals surface area contributed by atoms with Crippen molar-refractivity contribution in [2.75, 3.05) is 43.4 Å². The molecular weight excluding hydrogens is 549 g/mol. The second-order valence-corrected chi connectivity index (χ2v) is 9.09. The molecule has 0 radical (unpaired) electrons. The van der Waals surface area contributed by atoms with E-state index in [4.69, 9.17) is 10.5 Å². The summed E-state index contributed by atoms with van der Waals surface area (Å²) in [6, 6.07) is 5.02. The average molecular weight is 575 g/mol. The molecule has 1 aromatic heterocycles. The molecular formula is C25H25F7N6O2. The highest BCUT2D eigenvalue weighted by atomic mass is 19.4. The minimum atomic E-state index is -5.05. The molecule has 1 atom stereocenters. The predicted molar refractivity (Wildman–Crippen MR) is 132 cm³/mol. The molecule has 216 valence electrons. The van der Waals surface area contributed by atoms with Crippen LogP contribution in [0.25, 0.3) is 0 Å². The van der Waals surface area contributed by atoms with Crippen LogP contribution < -0.4 is 20.7 Å². The Kier molecular flexibility index (Phi) is 8.54. The van der Waals surface area contributed by atoms with Gasteiger partial charge in [0.2, 0.25) is 0 Å². The second-order valence-electron chi connectivity index (χ2n) is 9.09. The lowest BCUT2D eigenvalue weighted by molar-refractivity contribution is -0.138. The largest absolute Gasteiger partial charge is 0.454 e. The number of nitrogens with one attached hydrogen (secondary N) is 1. The van der Waals surface area contributed by atoms with Crippen LogP contribution in [-0.4, -0.2) is 66.3 Å². The van der Waals surface area contributed by atoms with Crippen molar-refractivity contribution in [3.05, 3.63) is 65.5 Å². The van der Waals surface area contributed by atoms with Crippen molar-refractivity contribution < 1.29 is 40.3 Å². The van der Waals surface area contributed by atoms with Gasteiger partial charge in [-0.05, 0) is 37.4 Å². The van der Waals surface area contributed by atoms with Crippen LogP contribution >= 0.6 is 0 Å². The van der Waals surface area contributed by atoms with Gasteiger partial charge in [0.25, 0.3) is 12.3 Å². The van der Waals surface area contributed by atoms with Crippen molar-refractivity contribution in [1.82, 2.24) is 14.7 Å². The highest BCUT2D eigenvalue weighted by Gasteiger charge is 2.42. The number of carbonyl (C=O) groups is 1. The van der Waals surface area contributed by atoms with Gasteiger partial charge in [0.15, 0.2) is 17.3 Å². The SMILES string of the molecule is CN1CCN(c2c(NC(=O)c3ccn(CC(F)F)n3)ccc(Oc3ccc(F)cc3F)c2C(F)(F)F)C[C@@H]1CN. The molecule has 1 amide bonds. The number of rotatable bonds is 8. The molecule has 40 heavy (non-hydrogen) atoms. The summed E-state index contributed by atoms with van der Waals surface area (Å²) in [7, 11) is 1.77. The van der Waals surface area contributed by atoms with Gasteiger partial charge in [-0.15, -0.1) is 0 Å². The number of nitrogens with zero attached hydrogens (tertiary/aromatic N) is 4. The summed E-state index contributed by atoms with van der Waals surface area (Å²) in [6.45, 7) is -0.145. The number of hydrogen-bond donors (Lipinski definition) is 2. The van der Waals surface area contributed by atoms with Crippen molar-refractivity contribution in [3.8, 4) is 11.5 Å². The first-order valence-corrected chi connectivity index (χ1v) is 12.0. The molecule has 2 aromatic carbocycles. The summed E-state index contributed by atoms with van der Waals surface area (Å²) in [4.78, 5) is 16.2. The number of benzene rings is 2. The number of nitrogens with two attached hydrogens (primary N) is 1. The molecule has 0 unspecified atom stereocenters. The minimum Gasteiger partial charge on any atom is -0.454 e. The third-order valence-corrected chi connectivity index (χ3v) is 6.35. The highest BCUT2D eigenvalue weighted by molar-refractivity contribution is 6.05. The number of halogens is 7. The van der Waals surface area contributed by atoms with E-state index in [9.17, 15) is 35.5 Å². The summed E-state index contributed by atoms with van der Waals surface area (Å²) in [5.41, 5.74) is 3.49. The molecule has 4 rings (SSSR count). The van der Waals surface area contributed by atoms with E-state index in [1.54, 1.807) is 7.05 Å². The van der Waals surface area contributed by atoms with Crippen molar-refractivity contribution in [1.29, 1.82) is 0 Å². The Morgan fingerprint density at radius 2 is 1.88 bits per heavy atom. The third kappa shape index (κ3) is 6.47. The fourth-order valence-electron chi connectivity index (χ4n) is 4.35. The van der Waals surface area contributed by atoms with Crippen LogP contribution in [0.3, 0.4) is 0 Å². The van der Waals surface area contributed by atoms with E-state index in [0.29, 0.717) is 12.6 Å². The first-order chi connectivity index (χ1) is 18.9. The predicted octanol–water partition coefficient (Wildman–Crippen LogP) is 4.57. The van der Waals surface area contributed by atoms with E-state index in [0.717, 1.165) is 41.2 Å². The van der Waals surface area contributed by atoms with Gasteiger partial charge in [0, 0.05) is 44.5 Å². The van der Waals surface area contributed by atoms with Gasteiger partial charge < -0.3 is 20.7 Å². The molecule has 1 fully saturated rings. The Labute approximate surface area is 224 Å². The van der Waals surface area contributed by atoms with E-state index < -0.39 is 59.4 Å². The summed E-state index contributed by atoms with van der Waals surface area (Å²) < 4.78 is 103. The number of piperazine rings is 1. The molecule has 0 spiro atoms. The van der Waals surface area contributed by atoms with Crippen molar-refractivity contribution in [3.63, 3.8) is 0 Å². The highest BCUT2D eigenvalue weighted by Crippen LogP contribution is 2.48. The molecule has 2 heterocycles. The number of ether oxygens (including phenoxy) is 1. The van der Waals surface area contributed by atoms with Gasteiger partial charge in [0.1, 0.15) is 23.7 Å². The van der Waals surface area contributed by atoms with E-state index in [2.05, 4.69) is 10.4 Å². The second kappa shape index (κ2) is 11.7. The Morgan fingerprint density at radius 1 is 1.15 bits per heavy atom. The fourth-order valence-corrected chi connectivity index (χ4v) is 4.35. The first-order valence-electron chi connectivity index (χ1n) is 12.0.